The van der Waals surface area contributed by atoms with E-state index in [1.54, 1.807) is 18.3 Å². The minimum absolute atomic E-state index is 0.0119. The number of nitrogens with zero attached hydrogens (tertiary/aromatic N) is 3. The van der Waals surface area contributed by atoms with Gasteiger partial charge in [-0.1, -0.05) is 25.3 Å². The van der Waals surface area contributed by atoms with Gasteiger partial charge in [-0.05, 0) is 43.6 Å². The SMILES string of the molecule is CC[n+]1c(CN)n(CC2CCCCC2)c2cc(OCC[n+]3cccc([O-])c3)ccc21.O=C([O-])C(F)(F)F. The van der Waals surface area contributed by atoms with Gasteiger partial charge in [-0.15, -0.1) is 0 Å². The number of aryl methyl sites for hydroxylation is 1. The van der Waals surface area contributed by atoms with E-state index in [-0.39, 0.29) is 5.75 Å². The maximum absolute atomic E-state index is 11.5. The minimum atomic E-state index is -5.19. The summed E-state index contributed by atoms with van der Waals surface area (Å²) in [5.41, 5.74) is 8.61. The van der Waals surface area contributed by atoms with E-state index in [1.807, 2.05) is 16.8 Å². The standard InChI is InChI=1S/C24H33N4O2.C2HF3O2/c1-2-27-22-11-10-21(30-14-13-26-12-6-9-20(29)18-26)15-23(22)28(24(27)16-25)17-19-7-4-3-5-8-19;3-2(4,5)1(6)7/h6,9-12,15,18-19H,2-5,7-8,13-14,16-17,25H2,1H3;(H,6,7)/q+1;/p-1. The molecule has 0 atom stereocenters. The molecular formula is C26H33F3N4O4. The van der Waals surface area contributed by atoms with Crippen LogP contribution in [0.4, 0.5) is 13.2 Å². The number of carbonyl (C=O) groups is 1. The second-order valence-electron chi connectivity index (χ2n) is 9.04. The molecule has 0 aliphatic heterocycles. The fourth-order valence-electron chi connectivity index (χ4n) is 4.77. The molecule has 0 amide bonds. The number of hydrogen-bond donors (Lipinski definition) is 1. The van der Waals surface area contributed by atoms with Gasteiger partial charge in [-0.2, -0.15) is 13.2 Å². The van der Waals surface area contributed by atoms with E-state index in [0.717, 1.165) is 24.8 Å². The summed E-state index contributed by atoms with van der Waals surface area (Å²) in [6.45, 7) is 5.80. The number of carboxylic acid groups (broad SMARTS) is 1. The Labute approximate surface area is 213 Å². The molecule has 37 heavy (non-hydrogen) atoms. The highest BCUT2D eigenvalue weighted by Crippen LogP contribution is 2.28. The van der Waals surface area contributed by atoms with Crippen molar-refractivity contribution in [2.75, 3.05) is 6.61 Å². The second-order valence-corrected chi connectivity index (χ2v) is 9.04. The lowest BCUT2D eigenvalue weighted by atomic mass is 9.89. The van der Waals surface area contributed by atoms with Crippen LogP contribution in [0.1, 0.15) is 44.9 Å². The third-order valence-electron chi connectivity index (χ3n) is 6.50. The predicted molar refractivity (Wildman–Crippen MR) is 125 cm³/mol. The Bertz CT molecular complexity index is 1190. The number of aromatic nitrogens is 3. The molecule has 8 nitrogen and oxygen atoms in total. The van der Waals surface area contributed by atoms with Crippen LogP contribution in [-0.4, -0.2) is 23.3 Å². The normalized spacial score (nSPS) is 14.3. The first kappa shape index (κ1) is 28.2. The number of imidazole rings is 1. The Kier molecular flexibility index (Phi) is 9.73. The fourth-order valence-corrected chi connectivity index (χ4v) is 4.77. The fraction of sp³-hybridized carbons (Fsp3) is 0.500. The number of nitrogens with two attached hydrogens (primary N) is 1. The molecule has 1 saturated carbocycles. The highest BCUT2D eigenvalue weighted by atomic mass is 19.4. The Balaban J connectivity index is 0.000000479. The van der Waals surface area contributed by atoms with Gasteiger partial charge in [0.25, 0.3) is 5.82 Å². The smallest absolute Gasteiger partial charge is 0.430 e. The molecule has 0 spiro atoms. The van der Waals surface area contributed by atoms with Gasteiger partial charge >= 0.3 is 6.18 Å². The van der Waals surface area contributed by atoms with Crippen LogP contribution in [0.5, 0.6) is 11.5 Å². The quantitative estimate of drug-likeness (QED) is 0.453. The van der Waals surface area contributed by atoms with Gasteiger partial charge in [0.15, 0.2) is 30.0 Å². The number of carbonyl (C=O) groups excluding carboxylic acids is 1. The molecule has 0 bridgehead atoms. The van der Waals surface area contributed by atoms with Gasteiger partial charge < -0.3 is 25.5 Å². The molecule has 0 radical (unpaired) electrons. The lowest BCUT2D eigenvalue weighted by molar-refractivity contribution is -0.699. The van der Waals surface area contributed by atoms with Crippen molar-refractivity contribution in [3.05, 3.63) is 48.5 Å². The summed E-state index contributed by atoms with van der Waals surface area (Å²) in [7, 11) is 0. The van der Waals surface area contributed by atoms with E-state index in [4.69, 9.17) is 20.4 Å². The largest absolute Gasteiger partial charge is 0.868 e. The second kappa shape index (κ2) is 12.8. The molecule has 1 fully saturated rings. The number of halogens is 3. The van der Waals surface area contributed by atoms with Crippen molar-refractivity contribution in [2.24, 2.45) is 11.7 Å². The zero-order valence-electron chi connectivity index (χ0n) is 20.9. The van der Waals surface area contributed by atoms with Crippen LogP contribution in [0.15, 0.2) is 42.7 Å². The molecule has 4 rings (SSSR count). The number of fused-ring (bicyclic) bond motifs is 1. The average molecular weight is 523 g/mol. The molecule has 2 heterocycles. The maximum atomic E-state index is 11.5. The number of pyridine rings is 1. The van der Waals surface area contributed by atoms with Crippen LogP contribution in [0.2, 0.25) is 0 Å². The highest BCUT2D eigenvalue weighted by Gasteiger charge is 2.29. The van der Waals surface area contributed by atoms with Crippen LogP contribution < -0.4 is 29.8 Å². The van der Waals surface area contributed by atoms with E-state index < -0.39 is 12.1 Å². The monoisotopic (exact) mass is 522 g/mol. The third-order valence-corrected chi connectivity index (χ3v) is 6.50. The summed E-state index contributed by atoms with van der Waals surface area (Å²) in [6.07, 6.45) is 4.95. The zero-order chi connectivity index (χ0) is 27.0. The van der Waals surface area contributed by atoms with Gasteiger partial charge in [-0.3, -0.25) is 0 Å². The van der Waals surface area contributed by atoms with Gasteiger partial charge in [-0.25, -0.2) is 13.7 Å². The van der Waals surface area contributed by atoms with Crippen LogP contribution in [0.3, 0.4) is 0 Å². The minimum Gasteiger partial charge on any atom is -0.868 e. The van der Waals surface area contributed by atoms with Crippen molar-refractivity contribution in [3.63, 3.8) is 0 Å². The molecule has 2 aromatic heterocycles. The number of hydrogen-bond acceptors (Lipinski definition) is 5. The first-order valence-corrected chi connectivity index (χ1v) is 12.5. The number of ether oxygens (including phenoxy) is 1. The molecule has 202 valence electrons. The molecule has 0 saturated heterocycles. The number of carboxylic acids is 1. The van der Waals surface area contributed by atoms with Gasteiger partial charge in [0, 0.05) is 12.1 Å². The van der Waals surface area contributed by atoms with E-state index in [1.165, 1.54) is 49.0 Å². The number of rotatable bonds is 8. The van der Waals surface area contributed by atoms with Gasteiger partial charge in [0.2, 0.25) is 0 Å². The summed E-state index contributed by atoms with van der Waals surface area (Å²) < 4.78 is 44.2. The third kappa shape index (κ3) is 7.58. The number of aliphatic carboxylic acids is 1. The molecule has 11 heteroatoms. The number of alkyl halides is 3. The summed E-state index contributed by atoms with van der Waals surface area (Å²) >= 11 is 0. The lowest BCUT2D eigenvalue weighted by Crippen LogP contribution is -2.38. The first-order valence-electron chi connectivity index (χ1n) is 12.5. The van der Waals surface area contributed by atoms with Crippen molar-refractivity contribution in [3.8, 4) is 11.5 Å². The van der Waals surface area contributed by atoms with Crippen LogP contribution in [-0.2, 0) is 31.0 Å². The first-order chi connectivity index (χ1) is 17.6. The predicted octanol–water partition coefficient (Wildman–Crippen LogP) is 1.73. The molecule has 3 aromatic rings. The van der Waals surface area contributed by atoms with Crippen molar-refractivity contribution in [1.29, 1.82) is 0 Å². The average Bonchev–Trinajstić information content (AvgIpc) is 3.16. The van der Waals surface area contributed by atoms with Crippen LogP contribution in [0.25, 0.3) is 11.0 Å². The summed E-state index contributed by atoms with van der Waals surface area (Å²) in [4.78, 5) is 8.78. The van der Waals surface area contributed by atoms with Gasteiger partial charge in [0.1, 0.15) is 18.3 Å². The molecule has 1 aromatic carbocycles. The van der Waals surface area contributed by atoms with Crippen molar-refractivity contribution in [2.45, 2.75) is 71.4 Å². The molecule has 0 unspecified atom stereocenters. The van der Waals surface area contributed by atoms with E-state index in [9.17, 15) is 18.3 Å². The molecule has 1 aliphatic carbocycles. The lowest BCUT2D eigenvalue weighted by Gasteiger charge is -2.20. The maximum Gasteiger partial charge on any atom is 0.430 e. The summed E-state index contributed by atoms with van der Waals surface area (Å²) in [5, 5.41) is 20.3. The van der Waals surface area contributed by atoms with Crippen LogP contribution >= 0.6 is 0 Å². The van der Waals surface area contributed by atoms with Crippen molar-refractivity contribution in [1.82, 2.24) is 4.57 Å². The van der Waals surface area contributed by atoms with Gasteiger partial charge in [0.05, 0.1) is 19.6 Å². The highest BCUT2D eigenvalue weighted by molar-refractivity contribution is 5.74. The number of benzene rings is 1. The Morgan fingerprint density at radius 3 is 2.51 bits per heavy atom. The Morgan fingerprint density at radius 2 is 1.92 bits per heavy atom. The van der Waals surface area contributed by atoms with E-state index in [0.29, 0.717) is 19.7 Å². The zero-order valence-corrected chi connectivity index (χ0v) is 20.9. The Morgan fingerprint density at radius 1 is 1.22 bits per heavy atom. The summed E-state index contributed by atoms with van der Waals surface area (Å²) in [5.74, 6) is -0.218. The van der Waals surface area contributed by atoms with Crippen molar-refractivity contribution >= 4 is 17.0 Å². The van der Waals surface area contributed by atoms with Crippen molar-refractivity contribution < 1.29 is 42.0 Å². The molecule has 1 aliphatic rings. The Hall–Kier alpha value is -3.34. The topological polar surface area (TPSA) is 111 Å². The molecule has 2 N–H and O–H groups in total. The molecular weight excluding hydrogens is 489 g/mol. The van der Waals surface area contributed by atoms with E-state index in [2.05, 4.69) is 28.2 Å². The van der Waals surface area contributed by atoms with E-state index >= 15 is 0 Å². The summed E-state index contributed by atoms with van der Waals surface area (Å²) in [6, 6.07) is 9.66. The van der Waals surface area contributed by atoms with Crippen LogP contribution in [0, 0.1) is 5.92 Å².